The van der Waals surface area contributed by atoms with Gasteiger partial charge >= 0.3 is 0 Å². The van der Waals surface area contributed by atoms with Gasteiger partial charge in [-0.15, -0.1) is 0 Å². The Kier molecular flexibility index (Phi) is 6.01. The van der Waals surface area contributed by atoms with Crippen molar-refractivity contribution in [2.75, 3.05) is 26.2 Å². The fourth-order valence-corrected chi connectivity index (χ4v) is 3.63. The first-order valence-electron chi connectivity index (χ1n) is 8.73. The van der Waals surface area contributed by atoms with Crippen molar-refractivity contribution in [1.82, 2.24) is 4.90 Å². The number of quaternary nitrogens is 1. The van der Waals surface area contributed by atoms with Crippen molar-refractivity contribution in [3.8, 4) is 0 Å². The summed E-state index contributed by atoms with van der Waals surface area (Å²) < 4.78 is 0. The SMILES string of the molecule is CCN(CC)C(=O)[C@H]1CCC[NH+](Cc2ccc(C)cc2C)C1. The Morgan fingerprint density at radius 1 is 1.27 bits per heavy atom. The Hall–Kier alpha value is -1.35. The molecule has 2 atom stereocenters. The molecule has 1 fully saturated rings. The van der Waals surface area contributed by atoms with Crippen LogP contribution in [0.25, 0.3) is 0 Å². The first kappa shape index (κ1) is 17.0. The van der Waals surface area contributed by atoms with Gasteiger partial charge in [-0.25, -0.2) is 0 Å². The fourth-order valence-electron chi connectivity index (χ4n) is 3.63. The van der Waals surface area contributed by atoms with Gasteiger partial charge < -0.3 is 9.80 Å². The summed E-state index contributed by atoms with van der Waals surface area (Å²) >= 11 is 0. The molecule has 1 saturated heterocycles. The molecular weight excluding hydrogens is 272 g/mol. The first-order chi connectivity index (χ1) is 10.5. The summed E-state index contributed by atoms with van der Waals surface area (Å²) in [6.45, 7) is 13.4. The lowest BCUT2D eigenvalue weighted by molar-refractivity contribution is -0.921. The second-order valence-corrected chi connectivity index (χ2v) is 6.66. The van der Waals surface area contributed by atoms with Crippen LogP contribution < -0.4 is 4.90 Å². The number of hydrogen-bond donors (Lipinski definition) is 1. The molecule has 1 aromatic rings. The van der Waals surface area contributed by atoms with E-state index in [0.29, 0.717) is 5.91 Å². The van der Waals surface area contributed by atoms with Gasteiger partial charge in [0.2, 0.25) is 5.91 Å². The van der Waals surface area contributed by atoms with E-state index in [1.807, 2.05) is 4.90 Å². The lowest BCUT2D eigenvalue weighted by Crippen LogP contribution is -3.12. The monoisotopic (exact) mass is 303 g/mol. The van der Waals surface area contributed by atoms with Gasteiger partial charge in [-0.05, 0) is 46.1 Å². The van der Waals surface area contributed by atoms with Gasteiger partial charge in [0.05, 0.1) is 19.0 Å². The minimum absolute atomic E-state index is 0.217. The molecular formula is C19H31N2O+. The van der Waals surface area contributed by atoms with Crippen LogP contribution in [0.4, 0.5) is 0 Å². The molecule has 1 unspecified atom stereocenters. The zero-order valence-corrected chi connectivity index (χ0v) is 14.6. The van der Waals surface area contributed by atoms with Crippen molar-refractivity contribution in [2.45, 2.75) is 47.1 Å². The molecule has 0 spiro atoms. The van der Waals surface area contributed by atoms with E-state index >= 15 is 0 Å². The molecule has 122 valence electrons. The molecule has 3 heteroatoms. The average molecular weight is 303 g/mol. The highest BCUT2D eigenvalue weighted by atomic mass is 16.2. The quantitative estimate of drug-likeness (QED) is 0.884. The first-order valence-corrected chi connectivity index (χ1v) is 8.73. The predicted octanol–water partition coefficient (Wildman–Crippen LogP) is 1.97. The Morgan fingerprint density at radius 3 is 2.64 bits per heavy atom. The zero-order chi connectivity index (χ0) is 16.1. The van der Waals surface area contributed by atoms with Crippen LogP contribution in [0, 0.1) is 19.8 Å². The van der Waals surface area contributed by atoms with Crippen LogP contribution in [0.2, 0.25) is 0 Å². The molecule has 0 aliphatic carbocycles. The van der Waals surface area contributed by atoms with Crippen LogP contribution in [-0.4, -0.2) is 37.0 Å². The second kappa shape index (κ2) is 7.77. The van der Waals surface area contributed by atoms with Crippen LogP contribution in [0.1, 0.15) is 43.4 Å². The number of nitrogens with one attached hydrogen (secondary N) is 1. The van der Waals surface area contributed by atoms with E-state index in [2.05, 4.69) is 45.9 Å². The predicted molar refractivity (Wildman–Crippen MR) is 91.0 cm³/mol. The van der Waals surface area contributed by atoms with E-state index in [0.717, 1.165) is 39.0 Å². The smallest absolute Gasteiger partial charge is 0.231 e. The number of aryl methyl sites for hydroxylation is 2. The van der Waals surface area contributed by atoms with Gasteiger partial charge in [-0.2, -0.15) is 0 Å². The van der Waals surface area contributed by atoms with Crippen molar-refractivity contribution in [1.29, 1.82) is 0 Å². The molecule has 1 heterocycles. The van der Waals surface area contributed by atoms with E-state index in [1.165, 1.54) is 23.2 Å². The van der Waals surface area contributed by atoms with Crippen LogP contribution in [0.5, 0.6) is 0 Å². The standard InChI is InChI=1S/C19H30N2O/c1-5-21(6-2)19(22)18-8-7-11-20(14-18)13-17-10-9-15(3)12-16(17)4/h9-10,12,18H,5-8,11,13-14H2,1-4H3/p+1/t18-/m0/s1. The maximum Gasteiger partial charge on any atom is 0.231 e. The molecule has 0 bridgehead atoms. The number of piperidine rings is 1. The van der Waals surface area contributed by atoms with Gasteiger partial charge in [-0.1, -0.05) is 23.8 Å². The number of carbonyl (C=O) groups is 1. The van der Waals surface area contributed by atoms with Gasteiger partial charge in [0.25, 0.3) is 0 Å². The number of likely N-dealkylation sites (tertiary alicyclic amines) is 1. The van der Waals surface area contributed by atoms with Crippen molar-refractivity contribution >= 4 is 5.91 Å². The highest BCUT2D eigenvalue weighted by Gasteiger charge is 2.30. The zero-order valence-electron chi connectivity index (χ0n) is 14.6. The van der Waals surface area contributed by atoms with Gasteiger partial charge in [0, 0.05) is 18.7 Å². The third kappa shape index (κ3) is 4.10. The molecule has 0 saturated carbocycles. The van der Waals surface area contributed by atoms with Crippen LogP contribution in [-0.2, 0) is 11.3 Å². The molecule has 2 rings (SSSR count). The molecule has 1 aliphatic rings. The molecule has 1 amide bonds. The van der Waals surface area contributed by atoms with Crippen molar-refractivity contribution in [3.63, 3.8) is 0 Å². The lowest BCUT2D eigenvalue weighted by Gasteiger charge is -2.32. The van der Waals surface area contributed by atoms with Crippen molar-refractivity contribution in [3.05, 3.63) is 34.9 Å². The Bertz CT molecular complexity index is 508. The molecule has 1 N–H and O–H groups in total. The van der Waals surface area contributed by atoms with E-state index in [-0.39, 0.29) is 5.92 Å². The number of hydrogen-bond acceptors (Lipinski definition) is 1. The van der Waals surface area contributed by atoms with E-state index in [1.54, 1.807) is 4.90 Å². The fraction of sp³-hybridized carbons (Fsp3) is 0.632. The molecule has 1 aliphatic heterocycles. The largest absolute Gasteiger partial charge is 0.343 e. The second-order valence-electron chi connectivity index (χ2n) is 6.66. The van der Waals surface area contributed by atoms with E-state index in [9.17, 15) is 4.79 Å². The third-order valence-corrected chi connectivity index (χ3v) is 4.98. The summed E-state index contributed by atoms with van der Waals surface area (Å²) in [5.41, 5.74) is 4.13. The van der Waals surface area contributed by atoms with Gasteiger partial charge in [0.1, 0.15) is 6.54 Å². The maximum atomic E-state index is 12.6. The average Bonchev–Trinajstić information content (AvgIpc) is 2.51. The van der Waals surface area contributed by atoms with Gasteiger partial charge in [-0.3, -0.25) is 4.79 Å². The lowest BCUT2D eigenvalue weighted by atomic mass is 9.95. The van der Waals surface area contributed by atoms with E-state index < -0.39 is 0 Å². The van der Waals surface area contributed by atoms with Crippen LogP contribution in [0.3, 0.4) is 0 Å². The Morgan fingerprint density at radius 2 is 2.00 bits per heavy atom. The summed E-state index contributed by atoms with van der Waals surface area (Å²) in [6, 6.07) is 6.72. The topological polar surface area (TPSA) is 24.8 Å². The number of amides is 1. The highest BCUT2D eigenvalue weighted by Crippen LogP contribution is 2.13. The minimum Gasteiger partial charge on any atom is -0.343 e. The number of benzene rings is 1. The van der Waals surface area contributed by atoms with Crippen LogP contribution in [0.15, 0.2) is 18.2 Å². The Balaban J connectivity index is 2.00. The number of carbonyl (C=O) groups excluding carboxylic acids is 1. The summed E-state index contributed by atoms with van der Waals surface area (Å²) in [6.07, 6.45) is 2.23. The van der Waals surface area contributed by atoms with Gasteiger partial charge in [0.15, 0.2) is 0 Å². The molecule has 22 heavy (non-hydrogen) atoms. The number of nitrogens with zero attached hydrogens (tertiary/aromatic N) is 1. The molecule has 0 radical (unpaired) electrons. The number of rotatable bonds is 5. The molecule has 0 aromatic heterocycles. The van der Waals surface area contributed by atoms with Crippen molar-refractivity contribution in [2.24, 2.45) is 5.92 Å². The third-order valence-electron chi connectivity index (χ3n) is 4.98. The molecule has 3 nitrogen and oxygen atoms in total. The Labute approximate surface area is 135 Å². The van der Waals surface area contributed by atoms with Crippen LogP contribution >= 0.6 is 0 Å². The highest BCUT2D eigenvalue weighted by molar-refractivity contribution is 5.78. The maximum absolute atomic E-state index is 12.6. The summed E-state index contributed by atoms with van der Waals surface area (Å²) in [7, 11) is 0. The van der Waals surface area contributed by atoms with Crippen molar-refractivity contribution < 1.29 is 9.69 Å². The summed E-state index contributed by atoms with van der Waals surface area (Å²) in [5.74, 6) is 0.581. The summed E-state index contributed by atoms with van der Waals surface area (Å²) in [4.78, 5) is 16.1. The minimum atomic E-state index is 0.217. The molecule has 1 aromatic carbocycles. The van der Waals surface area contributed by atoms with E-state index in [4.69, 9.17) is 0 Å². The summed E-state index contributed by atoms with van der Waals surface area (Å²) in [5, 5.41) is 0. The normalized spacial score (nSPS) is 21.6.